The average Bonchev–Trinajstić information content (AvgIpc) is 2.26. The van der Waals surface area contributed by atoms with Crippen LogP contribution in [0.4, 0.5) is 5.69 Å². The SMILES string of the molecule is CC(C)CN(CC(C)C)c1ccc([C@H](C)O)c(Br)c1. The topological polar surface area (TPSA) is 23.5 Å². The lowest BCUT2D eigenvalue weighted by Gasteiger charge is -2.29. The van der Waals surface area contributed by atoms with Crippen molar-refractivity contribution >= 4 is 21.6 Å². The minimum absolute atomic E-state index is 0.438. The highest BCUT2D eigenvalue weighted by Crippen LogP contribution is 2.29. The van der Waals surface area contributed by atoms with Gasteiger partial charge in [0.2, 0.25) is 0 Å². The van der Waals surface area contributed by atoms with Gasteiger partial charge >= 0.3 is 0 Å². The minimum Gasteiger partial charge on any atom is -0.389 e. The molecule has 19 heavy (non-hydrogen) atoms. The third kappa shape index (κ3) is 5.15. The van der Waals surface area contributed by atoms with Crippen molar-refractivity contribution in [3.8, 4) is 0 Å². The van der Waals surface area contributed by atoms with Crippen molar-refractivity contribution in [1.29, 1.82) is 0 Å². The Morgan fingerprint density at radius 2 is 1.58 bits per heavy atom. The van der Waals surface area contributed by atoms with Gasteiger partial charge in [-0.05, 0) is 36.5 Å². The summed E-state index contributed by atoms with van der Waals surface area (Å²) in [5, 5.41) is 9.68. The number of rotatable bonds is 6. The summed E-state index contributed by atoms with van der Waals surface area (Å²) in [5.74, 6) is 1.27. The van der Waals surface area contributed by atoms with Crippen LogP contribution in [0.15, 0.2) is 22.7 Å². The zero-order valence-electron chi connectivity index (χ0n) is 12.7. The summed E-state index contributed by atoms with van der Waals surface area (Å²) in [5.41, 5.74) is 2.16. The second-order valence-corrected chi connectivity index (χ2v) is 6.93. The Morgan fingerprint density at radius 1 is 1.05 bits per heavy atom. The van der Waals surface area contributed by atoms with Crippen LogP contribution in [-0.4, -0.2) is 18.2 Å². The average molecular weight is 328 g/mol. The summed E-state index contributed by atoms with van der Waals surface area (Å²) in [6, 6.07) is 6.24. The number of anilines is 1. The molecule has 0 unspecified atom stereocenters. The molecule has 1 aromatic rings. The first-order valence-corrected chi connectivity index (χ1v) is 7.83. The molecule has 0 amide bonds. The molecule has 1 atom stereocenters. The van der Waals surface area contributed by atoms with Gasteiger partial charge in [-0.25, -0.2) is 0 Å². The van der Waals surface area contributed by atoms with E-state index < -0.39 is 6.10 Å². The van der Waals surface area contributed by atoms with Crippen LogP contribution in [0.5, 0.6) is 0 Å². The van der Waals surface area contributed by atoms with Gasteiger partial charge in [0.05, 0.1) is 6.10 Å². The summed E-state index contributed by atoms with van der Waals surface area (Å²) in [4.78, 5) is 2.42. The summed E-state index contributed by atoms with van der Waals surface area (Å²) in [6.45, 7) is 12.9. The summed E-state index contributed by atoms with van der Waals surface area (Å²) in [7, 11) is 0. The predicted octanol–water partition coefficient (Wildman–Crippen LogP) is 4.62. The molecule has 0 heterocycles. The number of hydrogen-bond donors (Lipinski definition) is 1. The zero-order valence-corrected chi connectivity index (χ0v) is 14.2. The minimum atomic E-state index is -0.438. The Balaban J connectivity index is 2.98. The molecule has 3 heteroatoms. The molecule has 2 nitrogen and oxygen atoms in total. The van der Waals surface area contributed by atoms with E-state index in [9.17, 15) is 5.11 Å². The van der Waals surface area contributed by atoms with E-state index in [0.717, 1.165) is 23.1 Å². The molecule has 1 N–H and O–H groups in total. The largest absolute Gasteiger partial charge is 0.389 e. The van der Waals surface area contributed by atoms with Gasteiger partial charge in [-0.2, -0.15) is 0 Å². The number of aliphatic hydroxyl groups is 1. The molecular weight excluding hydrogens is 302 g/mol. The van der Waals surface area contributed by atoms with Crippen LogP contribution in [0, 0.1) is 11.8 Å². The first kappa shape index (κ1) is 16.5. The monoisotopic (exact) mass is 327 g/mol. The van der Waals surface area contributed by atoms with Gasteiger partial charge in [0.1, 0.15) is 0 Å². The van der Waals surface area contributed by atoms with Crippen molar-refractivity contribution in [2.45, 2.75) is 40.7 Å². The highest BCUT2D eigenvalue weighted by Gasteiger charge is 2.13. The number of benzene rings is 1. The lowest BCUT2D eigenvalue weighted by atomic mass is 10.1. The first-order chi connectivity index (χ1) is 8.81. The van der Waals surface area contributed by atoms with Crippen LogP contribution in [0.3, 0.4) is 0 Å². The highest BCUT2D eigenvalue weighted by molar-refractivity contribution is 9.10. The molecule has 0 saturated carbocycles. The quantitative estimate of drug-likeness (QED) is 0.823. The van der Waals surface area contributed by atoms with Crippen molar-refractivity contribution in [3.63, 3.8) is 0 Å². The van der Waals surface area contributed by atoms with E-state index in [0.29, 0.717) is 11.8 Å². The van der Waals surface area contributed by atoms with Crippen LogP contribution in [0.25, 0.3) is 0 Å². The summed E-state index contributed by atoms with van der Waals surface area (Å²) < 4.78 is 0.984. The third-order valence-corrected chi connectivity index (χ3v) is 3.66. The fraction of sp³-hybridized carbons (Fsp3) is 0.625. The molecular formula is C16H26BrNO. The Morgan fingerprint density at radius 3 is 1.95 bits per heavy atom. The van der Waals surface area contributed by atoms with E-state index in [1.165, 1.54) is 5.69 Å². The van der Waals surface area contributed by atoms with Gasteiger partial charge in [-0.3, -0.25) is 0 Å². The molecule has 0 aromatic heterocycles. The van der Waals surface area contributed by atoms with Gasteiger partial charge < -0.3 is 10.0 Å². The molecule has 0 saturated heterocycles. The second kappa shape index (κ2) is 7.30. The normalized spacial score (nSPS) is 13.1. The van der Waals surface area contributed by atoms with Gasteiger partial charge in [-0.15, -0.1) is 0 Å². The van der Waals surface area contributed by atoms with Crippen molar-refractivity contribution < 1.29 is 5.11 Å². The molecule has 0 aliphatic carbocycles. The van der Waals surface area contributed by atoms with E-state index in [4.69, 9.17) is 0 Å². The molecule has 0 fully saturated rings. The first-order valence-electron chi connectivity index (χ1n) is 7.03. The fourth-order valence-electron chi connectivity index (χ4n) is 2.22. The van der Waals surface area contributed by atoms with Gasteiger partial charge in [0.15, 0.2) is 0 Å². The number of hydrogen-bond acceptors (Lipinski definition) is 2. The van der Waals surface area contributed by atoms with E-state index in [1.807, 2.05) is 6.07 Å². The van der Waals surface area contributed by atoms with E-state index in [1.54, 1.807) is 6.92 Å². The van der Waals surface area contributed by atoms with E-state index in [2.05, 4.69) is 60.7 Å². The molecule has 1 rings (SSSR count). The Bertz CT molecular complexity index is 392. The number of nitrogens with zero attached hydrogens (tertiary/aromatic N) is 1. The van der Waals surface area contributed by atoms with Crippen molar-refractivity contribution in [1.82, 2.24) is 0 Å². The molecule has 0 bridgehead atoms. The maximum Gasteiger partial charge on any atom is 0.0772 e. The summed E-state index contributed by atoms with van der Waals surface area (Å²) >= 11 is 3.56. The molecule has 1 aromatic carbocycles. The van der Waals surface area contributed by atoms with Crippen LogP contribution in [0.2, 0.25) is 0 Å². The van der Waals surface area contributed by atoms with Crippen molar-refractivity contribution in [2.24, 2.45) is 11.8 Å². The van der Waals surface area contributed by atoms with Crippen LogP contribution in [0.1, 0.15) is 46.3 Å². The van der Waals surface area contributed by atoms with Crippen LogP contribution >= 0.6 is 15.9 Å². The number of aliphatic hydroxyl groups excluding tert-OH is 1. The van der Waals surface area contributed by atoms with Crippen LogP contribution in [-0.2, 0) is 0 Å². The lowest BCUT2D eigenvalue weighted by Crippen LogP contribution is -2.31. The lowest BCUT2D eigenvalue weighted by molar-refractivity contribution is 0.198. The Hall–Kier alpha value is -0.540. The van der Waals surface area contributed by atoms with Gasteiger partial charge in [-0.1, -0.05) is 49.7 Å². The third-order valence-electron chi connectivity index (χ3n) is 2.97. The Kier molecular flexibility index (Phi) is 6.34. The standard InChI is InChI=1S/C16H26BrNO/c1-11(2)9-18(10-12(3)4)14-6-7-15(13(5)19)16(17)8-14/h6-8,11-13,19H,9-10H2,1-5H3/t13-/m0/s1. The van der Waals surface area contributed by atoms with Crippen LogP contribution < -0.4 is 4.90 Å². The van der Waals surface area contributed by atoms with Crippen molar-refractivity contribution in [2.75, 3.05) is 18.0 Å². The predicted molar refractivity (Wildman–Crippen MR) is 86.7 cm³/mol. The molecule has 0 aliphatic rings. The van der Waals surface area contributed by atoms with E-state index in [-0.39, 0.29) is 0 Å². The van der Waals surface area contributed by atoms with Crippen molar-refractivity contribution in [3.05, 3.63) is 28.2 Å². The maximum atomic E-state index is 9.68. The molecule has 0 spiro atoms. The Labute approximate surface area is 126 Å². The summed E-state index contributed by atoms with van der Waals surface area (Å²) in [6.07, 6.45) is -0.438. The molecule has 0 aliphatic heterocycles. The maximum absolute atomic E-state index is 9.68. The molecule has 108 valence electrons. The fourth-order valence-corrected chi connectivity index (χ4v) is 2.92. The zero-order chi connectivity index (χ0) is 14.6. The second-order valence-electron chi connectivity index (χ2n) is 6.07. The van der Waals surface area contributed by atoms with Gasteiger partial charge in [0, 0.05) is 23.2 Å². The van der Waals surface area contributed by atoms with Gasteiger partial charge in [0.25, 0.3) is 0 Å². The smallest absolute Gasteiger partial charge is 0.0772 e. The van der Waals surface area contributed by atoms with E-state index >= 15 is 0 Å². The molecule has 0 radical (unpaired) electrons. The highest BCUT2D eigenvalue weighted by atomic mass is 79.9. The number of halogens is 1.